The normalized spacial score (nSPS) is 12.9. The van der Waals surface area contributed by atoms with Crippen LogP contribution >= 0.6 is 15.9 Å². The summed E-state index contributed by atoms with van der Waals surface area (Å²) in [7, 11) is 1.61. The summed E-state index contributed by atoms with van der Waals surface area (Å²) < 4.78 is 5.03. The number of halogens is 1. The molecule has 0 aliphatic heterocycles. The molecule has 0 spiro atoms. The van der Waals surface area contributed by atoms with Gasteiger partial charge in [-0.3, -0.25) is 0 Å². The van der Waals surface area contributed by atoms with Crippen molar-refractivity contribution in [2.45, 2.75) is 25.1 Å². The van der Waals surface area contributed by atoms with Crippen LogP contribution in [0.2, 0.25) is 0 Å². The minimum absolute atomic E-state index is 0.446. The van der Waals surface area contributed by atoms with Gasteiger partial charge in [0.15, 0.2) is 0 Å². The first kappa shape index (κ1) is 11.4. The first-order chi connectivity index (χ1) is 6.63. The molecule has 3 nitrogen and oxygen atoms in total. The molecule has 0 fully saturated rings. The number of nitrogens with zero attached hydrogens (tertiary/aromatic N) is 2. The molecule has 4 heteroatoms. The highest BCUT2D eigenvalue weighted by molar-refractivity contribution is 9.09. The van der Waals surface area contributed by atoms with Crippen LogP contribution in [0.3, 0.4) is 0 Å². The van der Waals surface area contributed by atoms with Gasteiger partial charge >= 0.3 is 0 Å². The summed E-state index contributed by atoms with van der Waals surface area (Å²) in [6, 6.07) is 1.87. The maximum absolute atomic E-state index is 5.03. The van der Waals surface area contributed by atoms with E-state index in [0.29, 0.717) is 16.6 Å². The average Bonchev–Trinajstić information content (AvgIpc) is 2.18. The second-order valence-electron chi connectivity index (χ2n) is 3.52. The second-order valence-corrected chi connectivity index (χ2v) is 4.69. The van der Waals surface area contributed by atoms with Gasteiger partial charge in [0.2, 0.25) is 5.88 Å². The van der Waals surface area contributed by atoms with E-state index in [0.717, 1.165) is 12.1 Å². The van der Waals surface area contributed by atoms with E-state index in [-0.39, 0.29) is 0 Å². The maximum Gasteiger partial charge on any atom is 0.216 e. The summed E-state index contributed by atoms with van der Waals surface area (Å²) in [4.78, 5) is 8.60. The monoisotopic (exact) mass is 258 g/mol. The van der Waals surface area contributed by atoms with Crippen molar-refractivity contribution in [2.24, 2.45) is 5.92 Å². The van der Waals surface area contributed by atoms with Crippen LogP contribution in [0.1, 0.15) is 19.5 Å². The average molecular weight is 259 g/mol. The third-order valence-electron chi connectivity index (χ3n) is 2.04. The minimum Gasteiger partial charge on any atom is -0.481 e. The zero-order chi connectivity index (χ0) is 10.6. The Morgan fingerprint density at radius 2 is 2.14 bits per heavy atom. The lowest BCUT2D eigenvalue weighted by Crippen LogP contribution is -2.11. The van der Waals surface area contributed by atoms with Crippen molar-refractivity contribution < 1.29 is 4.74 Å². The summed E-state index contributed by atoms with van der Waals surface area (Å²) in [5.74, 6) is 1.22. The summed E-state index contributed by atoms with van der Waals surface area (Å²) in [5.41, 5.74) is 1.01. The van der Waals surface area contributed by atoms with Gasteiger partial charge in [-0.05, 0) is 5.92 Å². The molecule has 0 amide bonds. The number of hydrogen-bond donors (Lipinski definition) is 0. The van der Waals surface area contributed by atoms with Crippen LogP contribution in [0.4, 0.5) is 0 Å². The molecule has 1 aromatic rings. The highest BCUT2D eigenvalue weighted by Gasteiger charge is 2.11. The molecule has 0 saturated heterocycles. The van der Waals surface area contributed by atoms with Crippen LogP contribution in [0.25, 0.3) is 0 Å². The zero-order valence-corrected chi connectivity index (χ0v) is 10.3. The first-order valence-corrected chi connectivity index (χ1v) is 5.54. The molecule has 0 N–H and O–H groups in total. The van der Waals surface area contributed by atoms with Crippen molar-refractivity contribution in [3.63, 3.8) is 0 Å². The number of aromatic nitrogens is 2. The Hall–Kier alpha value is -0.640. The van der Waals surface area contributed by atoms with Gasteiger partial charge < -0.3 is 4.74 Å². The minimum atomic E-state index is 0.446. The Bertz CT molecular complexity index is 291. The summed E-state index contributed by atoms with van der Waals surface area (Å²) in [5, 5.41) is 0. The van der Waals surface area contributed by atoms with Crippen LogP contribution in [0.15, 0.2) is 12.4 Å². The lowest BCUT2D eigenvalue weighted by Gasteiger charge is -2.12. The number of hydrogen-bond acceptors (Lipinski definition) is 3. The van der Waals surface area contributed by atoms with Crippen molar-refractivity contribution in [3.05, 3.63) is 18.1 Å². The Kier molecular flexibility index (Phi) is 4.32. The third-order valence-corrected chi connectivity index (χ3v) is 3.42. The molecule has 1 heterocycles. The van der Waals surface area contributed by atoms with Gasteiger partial charge in [0.05, 0.1) is 7.11 Å². The number of ether oxygens (including phenoxy) is 1. The van der Waals surface area contributed by atoms with E-state index in [1.54, 1.807) is 7.11 Å². The van der Waals surface area contributed by atoms with Gasteiger partial charge in [0.25, 0.3) is 0 Å². The molecule has 1 unspecified atom stereocenters. The van der Waals surface area contributed by atoms with E-state index in [4.69, 9.17) is 4.74 Å². The smallest absolute Gasteiger partial charge is 0.216 e. The Morgan fingerprint density at radius 3 is 2.71 bits per heavy atom. The molecular formula is C10H15BrN2O. The molecule has 1 atom stereocenters. The Morgan fingerprint density at radius 1 is 1.43 bits per heavy atom. The molecular weight excluding hydrogens is 244 g/mol. The van der Waals surface area contributed by atoms with E-state index >= 15 is 0 Å². The fourth-order valence-electron chi connectivity index (χ4n) is 1.04. The zero-order valence-electron chi connectivity index (χ0n) is 8.70. The van der Waals surface area contributed by atoms with Gasteiger partial charge in [0, 0.05) is 23.0 Å². The summed E-state index contributed by atoms with van der Waals surface area (Å²) >= 11 is 3.62. The largest absolute Gasteiger partial charge is 0.481 e. The van der Waals surface area contributed by atoms with Crippen LogP contribution in [0, 0.1) is 5.92 Å². The highest BCUT2D eigenvalue weighted by Crippen LogP contribution is 2.17. The number of rotatable bonds is 4. The van der Waals surface area contributed by atoms with Gasteiger partial charge in [-0.1, -0.05) is 29.8 Å². The molecule has 78 valence electrons. The number of alkyl halides is 1. The highest BCUT2D eigenvalue weighted by atomic mass is 79.9. The molecule has 1 rings (SSSR count). The molecule has 0 aliphatic carbocycles. The van der Waals surface area contributed by atoms with E-state index in [2.05, 4.69) is 39.7 Å². The maximum atomic E-state index is 5.03. The van der Waals surface area contributed by atoms with Gasteiger partial charge in [0.1, 0.15) is 6.33 Å². The third kappa shape index (κ3) is 3.25. The van der Waals surface area contributed by atoms with Gasteiger partial charge in [-0.25, -0.2) is 9.97 Å². The van der Waals surface area contributed by atoms with Crippen molar-refractivity contribution in [3.8, 4) is 5.88 Å². The second kappa shape index (κ2) is 5.29. The van der Waals surface area contributed by atoms with E-state index in [9.17, 15) is 0 Å². The van der Waals surface area contributed by atoms with E-state index in [1.807, 2.05) is 6.07 Å². The molecule has 0 aliphatic rings. The topological polar surface area (TPSA) is 35.0 Å². The molecule has 1 aromatic heterocycles. The van der Waals surface area contributed by atoms with Gasteiger partial charge in [-0.15, -0.1) is 0 Å². The fraction of sp³-hybridized carbons (Fsp3) is 0.600. The van der Waals surface area contributed by atoms with Crippen molar-refractivity contribution in [1.82, 2.24) is 9.97 Å². The molecule has 0 bridgehead atoms. The van der Waals surface area contributed by atoms with Crippen LogP contribution in [0.5, 0.6) is 5.88 Å². The van der Waals surface area contributed by atoms with Gasteiger partial charge in [-0.2, -0.15) is 0 Å². The lowest BCUT2D eigenvalue weighted by atomic mass is 10.1. The lowest BCUT2D eigenvalue weighted by molar-refractivity contribution is 0.395. The molecule has 0 radical (unpaired) electrons. The molecule has 0 saturated carbocycles. The standard InChI is InChI=1S/C10H15BrN2O/c1-7(2)9(11)4-8-5-10(14-3)13-6-12-8/h5-7,9H,4H2,1-3H3. The summed E-state index contributed by atoms with van der Waals surface area (Å²) in [6.45, 7) is 4.36. The van der Waals surface area contributed by atoms with Crippen LogP contribution in [-0.4, -0.2) is 21.9 Å². The van der Waals surface area contributed by atoms with E-state index in [1.165, 1.54) is 6.33 Å². The summed E-state index contributed by atoms with van der Waals surface area (Å²) in [6.07, 6.45) is 2.44. The quantitative estimate of drug-likeness (QED) is 0.779. The Balaban J connectivity index is 2.66. The van der Waals surface area contributed by atoms with Crippen molar-refractivity contribution >= 4 is 15.9 Å². The van der Waals surface area contributed by atoms with Crippen LogP contribution in [-0.2, 0) is 6.42 Å². The molecule has 14 heavy (non-hydrogen) atoms. The molecule has 0 aromatic carbocycles. The van der Waals surface area contributed by atoms with E-state index < -0.39 is 0 Å². The fourth-order valence-corrected chi connectivity index (χ4v) is 1.37. The number of methoxy groups -OCH3 is 1. The first-order valence-electron chi connectivity index (χ1n) is 4.62. The van der Waals surface area contributed by atoms with Crippen molar-refractivity contribution in [1.29, 1.82) is 0 Å². The predicted molar refractivity (Wildman–Crippen MR) is 59.8 cm³/mol. The van der Waals surface area contributed by atoms with Crippen molar-refractivity contribution in [2.75, 3.05) is 7.11 Å². The predicted octanol–water partition coefficient (Wildman–Crippen LogP) is 2.45. The Labute approximate surface area is 93.0 Å². The SMILES string of the molecule is COc1cc(CC(Br)C(C)C)ncn1. The van der Waals surface area contributed by atoms with Crippen LogP contribution < -0.4 is 4.74 Å².